The Morgan fingerprint density at radius 3 is 2.23 bits per heavy atom. The van der Waals surface area contributed by atoms with Crippen LogP contribution in [0.25, 0.3) is 6.08 Å². The predicted octanol–water partition coefficient (Wildman–Crippen LogP) is 5.88. The van der Waals surface area contributed by atoms with Crippen LogP contribution >= 0.6 is 0 Å². The quantitative estimate of drug-likeness (QED) is 0.533. The summed E-state index contributed by atoms with van der Waals surface area (Å²) in [5.74, 6) is 0.428. The van der Waals surface area contributed by atoms with Gasteiger partial charge in [-0.05, 0) is 42.2 Å². The van der Waals surface area contributed by atoms with Gasteiger partial charge >= 0.3 is 0 Å². The first kappa shape index (κ1) is 18.6. The number of hydrogen-bond acceptors (Lipinski definition) is 1. The third-order valence-corrected chi connectivity index (χ3v) is 8.77. The van der Waals surface area contributed by atoms with Crippen molar-refractivity contribution in [2.24, 2.45) is 16.7 Å². The molecule has 0 bridgehead atoms. The van der Waals surface area contributed by atoms with Gasteiger partial charge in [-0.3, -0.25) is 4.79 Å². The van der Waals surface area contributed by atoms with Crippen LogP contribution in [0.1, 0.15) is 30.5 Å². The van der Waals surface area contributed by atoms with E-state index in [9.17, 15) is 4.79 Å². The minimum absolute atomic E-state index is 0.0528. The molecule has 0 radical (unpaired) electrons. The van der Waals surface area contributed by atoms with E-state index in [1.807, 2.05) is 24.3 Å². The minimum atomic E-state index is -0.415. The molecule has 1 amide bonds. The van der Waals surface area contributed by atoms with Crippen molar-refractivity contribution in [3.63, 3.8) is 0 Å². The molecule has 1 spiro atoms. The molecule has 6 rings (SSSR count). The van der Waals surface area contributed by atoms with E-state index in [-0.39, 0.29) is 22.7 Å². The summed E-state index contributed by atoms with van der Waals surface area (Å²) in [5.41, 5.74) is 4.49. The second kappa shape index (κ2) is 6.20. The zero-order chi connectivity index (χ0) is 21.3. The lowest BCUT2D eigenvalue weighted by atomic mass is 9.33. The predicted molar refractivity (Wildman–Crippen MR) is 126 cm³/mol. The minimum Gasteiger partial charge on any atom is -0.311 e. The van der Waals surface area contributed by atoms with E-state index in [1.165, 1.54) is 16.7 Å². The molecule has 2 heteroatoms. The number of benzene rings is 3. The maximum atomic E-state index is 14.0. The highest BCUT2D eigenvalue weighted by Gasteiger charge is 2.83. The van der Waals surface area contributed by atoms with E-state index < -0.39 is 5.41 Å². The number of allylic oxidation sites excluding steroid dienone is 1. The summed E-state index contributed by atoms with van der Waals surface area (Å²) in [4.78, 5) is 16.1. The number of carbonyl (C=O) groups excluding carboxylic acids is 1. The van der Waals surface area contributed by atoms with Gasteiger partial charge in [-0.2, -0.15) is 0 Å². The summed E-state index contributed by atoms with van der Waals surface area (Å²) in [5, 5.41) is 0. The van der Waals surface area contributed by atoms with E-state index in [0.29, 0.717) is 0 Å². The molecule has 2 fully saturated rings. The molecule has 1 aliphatic heterocycles. The summed E-state index contributed by atoms with van der Waals surface area (Å²) in [6.45, 7) is 5.42. The number of hydrogen-bond donors (Lipinski definition) is 0. The standard InChI is InChI=1S/C29H27NO/c1-27-24-16-10-9-13-22(24)19-29(27)20-30(23-14-7-4-8-15-23)26(31)28(29,2)25(27)18-17-21-11-5-3-6-12-21/h3-18,25H,19-20H2,1-2H3/b18-17+/t25-,27+,28-,29-/m0/s1. The topological polar surface area (TPSA) is 20.3 Å². The molecule has 0 aromatic heterocycles. The third-order valence-electron chi connectivity index (χ3n) is 8.77. The van der Waals surface area contributed by atoms with Crippen molar-refractivity contribution in [1.29, 1.82) is 0 Å². The van der Waals surface area contributed by atoms with Crippen LogP contribution in [-0.4, -0.2) is 12.5 Å². The van der Waals surface area contributed by atoms with E-state index in [4.69, 9.17) is 0 Å². The molecule has 154 valence electrons. The molecule has 2 aliphatic carbocycles. The van der Waals surface area contributed by atoms with Crippen LogP contribution < -0.4 is 4.90 Å². The van der Waals surface area contributed by atoms with Crippen LogP contribution in [0.4, 0.5) is 5.69 Å². The van der Waals surface area contributed by atoms with Crippen LogP contribution in [0.15, 0.2) is 91.0 Å². The lowest BCUT2D eigenvalue weighted by molar-refractivity contribution is -0.171. The third kappa shape index (κ3) is 2.10. The van der Waals surface area contributed by atoms with Gasteiger partial charge in [0.2, 0.25) is 5.91 Å². The highest BCUT2D eigenvalue weighted by atomic mass is 16.2. The van der Waals surface area contributed by atoms with Crippen molar-refractivity contribution in [1.82, 2.24) is 0 Å². The first-order valence-electron chi connectivity index (χ1n) is 11.2. The number of amides is 1. The van der Waals surface area contributed by atoms with Gasteiger partial charge in [0.1, 0.15) is 0 Å². The molecule has 31 heavy (non-hydrogen) atoms. The largest absolute Gasteiger partial charge is 0.311 e. The van der Waals surface area contributed by atoms with Crippen LogP contribution in [0.3, 0.4) is 0 Å². The van der Waals surface area contributed by atoms with Gasteiger partial charge in [0, 0.05) is 29.0 Å². The monoisotopic (exact) mass is 405 g/mol. The van der Waals surface area contributed by atoms with Crippen molar-refractivity contribution < 1.29 is 4.79 Å². The Morgan fingerprint density at radius 1 is 0.839 bits per heavy atom. The number of anilines is 1. The first-order chi connectivity index (χ1) is 15.0. The zero-order valence-corrected chi connectivity index (χ0v) is 18.1. The van der Waals surface area contributed by atoms with E-state index in [2.05, 4.69) is 91.6 Å². The number of para-hydroxylation sites is 1. The van der Waals surface area contributed by atoms with E-state index in [1.54, 1.807) is 0 Å². The van der Waals surface area contributed by atoms with Crippen LogP contribution in [0, 0.1) is 16.7 Å². The molecule has 1 heterocycles. The van der Waals surface area contributed by atoms with Gasteiger partial charge < -0.3 is 4.90 Å². The Balaban J connectivity index is 1.51. The fourth-order valence-corrected chi connectivity index (χ4v) is 7.25. The fourth-order valence-electron chi connectivity index (χ4n) is 7.25. The molecule has 0 unspecified atom stereocenters. The van der Waals surface area contributed by atoms with Gasteiger partial charge in [-0.25, -0.2) is 0 Å². The Hall–Kier alpha value is -3.13. The summed E-state index contributed by atoms with van der Waals surface area (Å²) in [7, 11) is 0. The summed E-state index contributed by atoms with van der Waals surface area (Å²) >= 11 is 0. The Labute approximate surface area is 184 Å². The number of fused-ring (bicyclic) bond motifs is 2. The Kier molecular flexibility index (Phi) is 3.72. The second-order valence-corrected chi connectivity index (χ2v) is 9.80. The lowest BCUT2D eigenvalue weighted by Crippen LogP contribution is -2.71. The van der Waals surface area contributed by atoms with Crippen molar-refractivity contribution in [2.75, 3.05) is 11.4 Å². The maximum absolute atomic E-state index is 14.0. The average molecular weight is 406 g/mol. The Morgan fingerprint density at radius 2 is 1.48 bits per heavy atom. The van der Waals surface area contributed by atoms with Crippen molar-refractivity contribution in [3.8, 4) is 0 Å². The highest BCUT2D eigenvalue weighted by molar-refractivity contribution is 6.04. The second-order valence-electron chi connectivity index (χ2n) is 9.80. The van der Waals surface area contributed by atoms with Crippen molar-refractivity contribution in [2.45, 2.75) is 25.7 Å². The van der Waals surface area contributed by atoms with Crippen LogP contribution in [0.5, 0.6) is 0 Å². The van der Waals surface area contributed by atoms with Gasteiger partial charge in [-0.1, -0.05) is 91.9 Å². The molecule has 3 aliphatic rings. The molecule has 3 aromatic carbocycles. The summed E-state index contributed by atoms with van der Waals surface area (Å²) in [6, 6.07) is 29.5. The molecular weight excluding hydrogens is 378 g/mol. The van der Waals surface area contributed by atoms with Crippen molar-refractivity contribution >= 4 is 17.7 Å². The molecule has 1 saturated carbocycles. The first-order valence-corrected chi connectivity index (χ1v) is 11.2. The van der Waals surface area contributed by atoms with E-state index in [0.717, 1.165) is 18.7 Å². The maximum Gasteiger partial charge on any atom is 0.234 e. The van der Waals surface area contributed by atoms with E-state index >= 15 is 0 Å². The summed E-state index contributed by atoms with van der Waals surface area (Å²) < 4.78 is 0. The fraction of sp³-hybridized carbons (Fsp3) is 0.276. The normalized spacial score (nSPS) is 33.2. The molecule has 3 aromatic rings. The molecule has 1 saturated heterocycles. The van der Waals surface area contributed by atoms with Gasteiger partial charge in [0.05, 0.1) is 5.41 Å². The zero-order valence-electron chi connectivity index (χ0n) is 18.1. The van der Waals surface area contributed by atoms with Gasteiger partial charge in [0.25, 0.3) is 0 Å². The number of nitrogens with zero attached hydrogens (tertiary/aromatic N) is 1. The number of carbonyl (C=O) groups is 1. The average Bonchev–Trinajstić information content (AvgIpc) is 3.16. The van der Waals surface area contributed by atoms with Gasteiger partial charge in [0.15, 0.2) is 0 Å². The van der Waals surface area contributed by atoms with Crippen LogP contribution in [0.2, 0.25) is 0 Å². The SMILES string of the molecule is C[C@]12C(=O)N(c3ccccc3)C[C@]13Cc1ccccc1[C@]3(C)[C@@H]2/C=C/c1ccccc1. The Bertz CT molecular complexity index is 1200. The van der Waals surface area contributed by atoms with Crippen molar-refractivity contribution in [3.05, 3.63) is 108 Å². The smallest absolute Gasteiger partial charge is 0.234 e. The molecular formula is C29H27NO. The lowest BCUT2D eigenvalue weighted by Gasteiger charge is -2.67. The molecule has 2 nitrogen and oxygen atoms in total. The molecule has 4 atom stereocenters. The molecule has 0 N–H and O–H groups in total. The van der Waals surface area contributed by atoms with Crippen LogP contribution in [-0.2, 0) is 16.6 Å². The summed E-state index contributed by atoms with van der Waals surface area (Å²) in [6.07, 6.45) is 5.51. The number of rotatable bonds is 3. The highest BCUT2D eigenvalue weighted by Crippen LogP contribution is 2.79. The van der Waals surface area contributed by atoms with Gasteiger partial charge in [-0.15, -0.1) is 0 Å².